The first-order valence-corrected chi connectivity index (χ1v) is 10.5. The molecule has 2 aromatic rings. The zero-order valence-electron chi connectivity index (χ0n) is 15.6. The van der Waals surface area contributed by atoms with Crippen molar-refractivity contribution in [1.82, 2.24) is 4.31 Å². The fourth-order valence-corrected chi connectivity index (χ4v) is 3.79. The van der Waals surface area contributed by atoms with Gasteiger partial charge in [-0.3, -0.25) is 9.59 Å². The van der Waals surface area contributed by atoms with Gasteiger partial charge in [-0.15, -0.1) is 0 Å². The molecule has 7 nitrogen and oxygen atoms in total. The van der Waals surface area contributed by atoms with Gasteiger partial charge in [-0.2, -0.15) is 11.3 Å². The van der Waals surface area contributed by atoms with Crippen LogP contribution < -0.4 is 5.32 Å². The van der Waals surface area contributed by atoms with Gasteiger partial charge in [0.25, 0.3) is 5.91 Å². The number of thiophene rings is 1. The van der Waals surface area contributed by atoms with E-state index in [-0.39, 0.29) is 11.3 Å². The summed E-state index contributed by atoms with van der Waals surface area (Å²) in [7, 11) is -0.757. The van der Waals surface area contributed by atoms with Gasteiger partial charge >= 0.3 is 5.97 Å². The van der Waals surface area contributed by atoms with Crippen LogP contribution >= 0.6 is 11.3 Å². The zero-order chi connectivity index (χ0) is 20.2. The van der Waals surface area contributed by atoms with Crippen LogP contribution in [0.2, 0.25) is 0 Å². The Labute approximate surface area is 163 Å². The second-order valence-corrected chi connectivity index (χ2v) is 9.13. The van der Waals surface area contributed by atoms with Gasteiger partial charge in [0.1, 0.15) is 0 Å². The second kappa shape index (κ2) is 8.64. The first-order chi connectivity index (χ1) is 12.6. The SMILES string of the molecule is Cc1ccc(S(=O)(=O)N(C)C)cc1NC(=O)[C@@H](C)OC(=O)Cc1ccsc1. The highest BCUT2D eigenvalue weighted by Crippen LogP contribution is 2.22. The van der Waals surface area contributed by atoms with Crippen LogP contribution in [0, 0.1) is 6.92 Å². The standard InChI is InChI=1S/C18H22N2O5S2/c1-12-5-6-15(27(23,24)20(3)4)10-16(12)19-18(22)13(2)25-17(21)9-14-7-8-26-11-14/h5-8,10-11,13H,9H2,1-4H3,(H,19,22)/t13-/m1/s1. The van der Waals surface area contributed by atoms with Gasteiger partial charge in [-0.1, -0.05) is 6.07 Å². The molecule has 1 atom stereocenters. The van der Waals surface area contributed by atoms with Crippen LogP contribution in [0.1, 0.15) is 18.1 Å². The predicted molar refractivity (Wildman–Crippen MR) is 104 cm³/mol. The number of ether oxygens (including phenoxy) is 1. The van der Waals surface area contributed by atoms with Crippen LogP contribution in [0.25, 0.3) is 0 Å². The summed E-state index contributed by atoms with van der Waals surface area (Å²) in [6, 6.07) is 6.29. The van der Waals surface area contributed by atoms with Gasteiger partial charge in [0.15, 0.2) is 6.10 Å². The molecule has 0 aliphatic carbocycles. The predicted octanol–water partition coefficient (Wildman–Crippen LogP) is 2.42. The lowest BCUT2D eigenvalue weighted by atomic mass is 10.2. The van der Waals surface area contributed by atoms with Crippen LogP contribution in [0.15, 0.2) is 39.9 Å². The third-order valence-corrected chi connectivity index (χ3v) is 6.39. The summed E-state index contributed by atoms with van der Waals surface area (Å²) in [5, 5.41) is 6.33. The Bertz CT molecular complexity index is 921. The lowest BCUT2D eigenvalue weighted by molar-refractivity contribution is -0.152. The highest BCUT2D eigenvalue weighted by molar-refractivity contribution is 7.89. The van der Waals surface area contributed by atoms with E-state index in [1.165, 1.54) is 44.5 Å². The number of anilines is 1. The molecular weight excluding hydrogens is 388 g/mol. The van der Waals surface area contributed by atoms with Crippen molar-refractivity contribution in [2.75, 3.05) is 19.4 Å². The van der Waals surface area contributed by atoms with E-state index in [4.69, 9.17) is 4.74 Å². The number of nitrogens with zero attached hydrogens (tertiary/aromatic N) is 1. The van der Waals surface area contributed by atoms with Crippen molar-refractivity contribution >= 4 is 38.9 Å². The molecule has 0 bridgehead atoms. The summed E-state index contributed by atoms with van der Waals surface area (Å²) in [5.41, 5.74) is 1.87. The molecule has 0 saturated heterocycles. The molecule has 1 aromatic heterocycles. The lowest BCUT2D eigenvalue weighted by Crippen LogP contribution is -2.31. The van der Waals surface area contributed by atoms with Gasteiger partial charge in [-0.25, -0.2) is 12.7 Å². The third kappa shape index (κ3) is 5.38. The van der Waals surface area contributed by atoms with Crippen molar-refractivity contribution in [1.29, 1.82) is 0 Å². The maximum absolute atomic E-state index is 12.4. The highest BCUT2D eigenvalue weighted by atomic mass is 32.2. The Morgan fingerprint density at radius 3 is 2.56 bits per heavy atom. The third-order valence-electron chi connectivity index (χ3n) is 3.85. The molecule has 0 saturated carbocycles. The Kier molecular flexibility index (Phi) is 6.74. The van der Waals surface area contributed by atoms with E-state index in [9.17, 15) is 18.0 Å². The van der Waals surface area contributed by atoms with Gasteiger partial charge in [0.05, 0.1) is 11.3 Å². The zero-order valence-corrected chi connectivity index (χ0v) is 17.2. The summed E-state index contributed by atoms with van der Waals surface area (Å²) >= 11 is 1.48. The summed E-state index contributed by atoms with van der Waals surface area (Å²) in [5.74, 6) is -1.03. The van der Waals surface area contributed by atoms with Crippen molar-refractivity contribution in [3.8, 4) is 0 Å². The number of sulfonamides is 1. The second-order valence-electron chi connectivity index (χ2n) is 6.19. The Hall–Kier alpha value is -2.23. The fraction of sp³-hybridized carbons (Fsp3) is 0.333. The van der Waals surface area contributed by atoms with Crippen LogP contribution in [0.4, 0.5) is 5.69 Å². The average molecular weight is 411 g/mol. The number of amides is 1. The largest absolute Gasteiger partial charge is 0.452 e. The van der Waals surface area contributed by atoms with Gasteiger partial charge in [0.2, 0.25) is 10.0 Å². The number of hydrogen-bond donors (Lipinski definition) is 1. The number of nitrogens with one attached hydrogen (secondary N) is 1. The molecule has 0 unspecified atom stereocenters. The molecule has 27 heavy (non-hydrogen) atoms. The number of carbonyl (C=O) groups is 2. The molecule has 0 spiro atoms. The number of esters is 1. The molecule has 146 valence electrons. The quantitative estimate of drug-likeness (QED) is 0.708. The van der Waals surface area contributed by atoms with E-state index in [1.54, 1.807) is 13.0 Å². The number of hydrogen-bond acceptors (Lipinski definition) is 6. The van der Waals surface area contributed by atoms with Crippen LogP contribution in [0.5, 0.6) is 0 Å². The van der Waals surface area contributed by atoms with Gasteiger partial charge in [-0.05, 0) is 53.9 Å². The molecule has 0 aliphatic heterocycles. The monoisotopic (exact) mass is 410 g/mol. The number of rotatable bonds is 7. The minimum absolute atomic E-state index is 0.0653. The number of aryl methyl sites for hydroxylation is 1. The van der Waals surface area contributed by atoms with E-state index in [0.717, 1.165) is 9.87 Å². The first kappa shape index (κ1) is 21.1. The summed E-state index contributed by atoms with van der Waals surface area (Å²) in [6.07, 6.45) is -0.916. The van der Waals surface area contributed by atoms with Gasteiger partial charge in [0, 0.05) is 19.8 Å². The maximum atomic E-state index is 12.4. The first-order valence-electron chi connectivity index (χ1n) is 8.16. The number of benzene rings is 1. The van der Waals surface area contributed by atoms with E-state index >= 15 is 0 Å². The maximum Gasteiger partial charge on any atom is 0.311 e. The Balaban J connectivity index is 2.07. The van der Waals surface area contributed by atoms with E-state index in [2.05, 4.69) is 5.32 Å². The molecule has 9 heteroatoms. The molecule has 0 aliphatic rings. The normalized spacial score (nSPS) is 12.6. The van der Waals surface area contributed by atoms with Crippen molar-refractivity contribution in [2.24, 2.45) is 0 Å². The molecular formula is C18H22N2O5S2. The smallest absolute Gasteiger partial charge is 0.311 e. The molecule has 2 rings (SSSR count). The van der Waals surface area contributed by atoms with E-state index < -0.39 is 28.0 Å². The van der Waals surface area contributed by atoms with Crippen LogP contribution in [0.3, 0.4) is 0 Å². The van der Waals surface area contributed by atoms with Gasteiger partial charge < -0.3 is 10.1 Å². The highest BCUT2D eigenvalue weighted by Gasteiger charge is 2.21. The summed E-state index contributed by atoms with van der Waals surface area (Å²) in [6.45, 7) is 3.21. The Morgan fingerprint density at radius 2 is 1.96 bits per heavy atom. The molecule has 0 radical (unpaired) electrons. The number of carbonyl (C=O) groups excluding carboxylic acids is 2. The lowest BCUT2D eigenvalue weighted by Gasteiger charge is -2.16. The topological polar surface area (TPSA) is 92.8 Å². The van der Waals surface area contributed by atoms with Crippen LogP contribution in [-0.4, -0.2) is 44.8 Å². The minimum atomic E-state index is -3.62. The fourth-order valence-electron chi connectivity index (χ4n) is 2.19. The van der Waals surface area contributed by atoms with Crippen LogP contribution in [-0.2, 0) is 30.8 Å². The van der Waals surface area contributed by atoms with E-state index in [1.807, 2.05) is 16.8 Å². The average Bonchev–Trinajstić information content (AvgIpc) is 3.09. The van der Waals surface area contributed by atoms with Crippen molar-refractivity contribution < 1.29 is 22.7 Å². The van der Waals surface area contributed by atoms with Crippen molar-refractivity contribution in [2.45, 2.75) is 31.3 Å². The summed E-state index contributed by atoms with van der Waals surface area (Å²) < 4.78 is 30.8. The molecule has 1 amide bonds. The molecule has 1 aromatic carbocycles. The molecule has 1 heterocycles. The van der Waals surface area contributed by atoms with E-state index in [0.29, 0.717) is 11.3 Å². The molecule has 1 N–H and O–H groups in total. The minimum Gasteiger partial charge on any atom is -0.452 e. The Morgan fingerprint density at radius 1 is 1.26 bits per heavy atom. The summed E-state index contributed by atoms with van der Waals surface area (Å²) in [4.78, 5) is 24.3. The van der Waals surface area contributed by atoms with Crippen molar-refractivity contribution in [3.05, 3.63) is 46.2 Å². The molecule has 0 fully saturated rings. The van der Waals surface area contributed by atoms with Crippen molar-refractivity contribution in [3.63, 3.8) is 0 Å².